The number of halogens is 6. The number of alkyl halides is 6. The van der Waals surface area contributed by atoms with Crippen molar-refractivity contribution in [3.8, 4) is 5.75 Å². The lowest BCUT2D eigenvalue weighted by atomic mass is 10.0. The molecule has 0 bridgehead atoms. The number of benzene rings is 1. The van der Waals surface area contributed by atoms with E-state index in [2.05, 4.69) is 9.98 Å². The molecule has 0 spiro atoms. The van der Waals surface area contributed by atoms with Crippen LogP contribution in [0.4, 0.5) is 32.0 Å². The average molecular weight is 348 g/mol. The highest BCUT2D eigenvalue weighted by atomic mass is 19.4. The van der Waals surface area contributed by atoms with Crippen molar-refractivity contribution in [2.45, 2.75) is 31.8 Å². The Morgan fingerprint density at radius 1 is 1.08 bits per heavy atom. The molecule has 3 nitrogen and oxygen atoms in total. The molecule has 2 aromatic rings. The summed E-state index contributed by atoms with van der Waals surface area (Å²) >= 11 is 0. The molecule has 0 N–H and O–H groups in total. The summed E-state index contributed by atoms with van der Waals surface area (Å²) < 4.78 is 82.7. The molecule has 1 aliphatic rings. The first-order valence-corrected chi connectivity index (χ1v) is 6.86. The largest absolute Gasteiger partial charge is 0.482 e. The van der Waals surface area contributed by atoms with Crippen LogP contribution < -0.4 is 4.74 Å². The zero-order valence-electron chi connectivity index (χ0n) is 12.2. The van der Waals surface area contributed by atoms with Crippen molar-refractivity contribution < 1.29 is 31.1 Å². The molecule has 1 aliphatic heterocycles. The Labute approximate surface area is 132 Å². The Morgan fingerprint density at radius 3 is 2.42 bits per heavy atom. The smallest absolute Gasteiger partial charge is 0.417 e. The molecule has 0 saturated heterocycles. The van der Waals surface area contributed by atoms with Crippen LogP contribution in [0.1, 0.15) is 18.9 Å². The molecule has 1 aromatic heterocycles. The van der Waals surface area contributed by atoms with Crippen LogP contribution >= 0.6 is 0 Å². The summed E-state index contributed by atoms with van der Waals surface area (Å²) in [4.78, 5) is 7.72. The van der Waals surface area contributed by atoms with Gasteiger partial charge in [-0.15, -0.1) is 0 Å². The molecule has 0 fully saturated rings. The fourth-order valence-electron chi connectivity index (χ4n) is 2.53. The fourth-order valence-corrected chi connectivity index (χ4v) is 2.53. The monoisotopic (exact) mass is 348 g/mol. The topological polar surface area (TPSA) is 34.5 Å². The van der Waals surface area contributed by atoms with Gasteiger partial charge in [-0.3, -0.25) is 4.98 Å². The van der Waals surface area contributed by atoms with Crippen molar-refractivity contribution in [1.82, 2.24) is 4.98 Å². The molecular formula is C15H10F6N2O. The van der Waals surface area contributed by atoms with E-state index >= 15 is 0 Å². The molecule has 3 rings (SSSR count). The van der Waals surface area contributed by atoms with Gasteiger partial charge in [-0.25, -0.2) is 4.99 Å². The van der Waals surface area contributed by atoms with E-state index in [0.29, 0.717) is 0 Å². The minimum atomic E-state index is -4.65. The molecular weight excluding hydrogens is 338 g/mol. The Hall–Kier alpha value is -2.32. The highest BCUT2D eigenvalue weighted by Gasteiger charge is 2.37. The number of fused-ring (bicyclic) bond motifs is 3. The number of hydrogen-bond acceptors (Lipinski definition) is 3. The molecule has 2 heterocycles. The Bertz CT molecular complexity index is 825. The SMILES string of the molecule is CC1Oc2c(ccc3nccc(C(F)(F)F)c23)N=C1CC(F)(F)F. The van der Waals surface area contributed by atoms with Crippen molar-refractivity contribution in [3.63, 3.8) is 0 Å². The molecule has 1 unspecified atom stereocenters. The third-order valence-electron chi connectivity index (χ3n) is 3.55. The highest BCUT2D eigenvalue weighted by Crippen LogP contribution is 2.45. The van der Waals surface area contributed by atoms with Crippen LogP contribution in [0.25, 0.3) is 10.9 Å². The van der Waals surface area contributed by atoms with E-state index in [1.54, 1.807) is 0 Å². The molecule has 0 aliphatic carbocycles. The second-order valence-corrected chi connectivity index (χ2v) is 5.32. The highest BCUT2D eigenvalue weighted by molar-refractivity contribution is 5.99. The number of rotatable bonds is 1. The summed E-state index contributed by atoms with van der Waals surface area (Å²) in [6.07, 6.45) is -10.5. The van der Waals surface area contributed by atoms with Gasteiger partial charge in [0.05, 0.1) is 28.6 Å². The lowest BCUT2D eigenvalue weighted by Crippen LogP contribution is -2.31. The van der Waals surface area contributed by atoms with Crippen LogP contribution in [0, 0.1) is 0 Å². The number of aromatic nitrogens is 1. The molecule has 0 saturated carbocycles. The van der Waals surface area contributed by atoms with E-state index in [1.807, 2.05) is 0 Å². The maximum atomic E-state index is 13.2. The zero-order valence-corrected chi connectivity index (χ0v) is 12.2. The van der Waals surface area contributed by atoms with Gasteiger partial charge >= 0.3 is 12.4 Å². The van der Waals surface area contributed by atoms with Crippen LogP contribution in [0.3, 0.4) is 0 Å². The second kappa shape index (κ2) is 5.35. The first-order valence-electron chi connectivity index (χ1n) is 6.86. The number of pyridine rings is 1. The number of aliphatic imine (C=N–C) groups is 1. The quantitative estimate of drug-likeness (QED) is 0.675. The fraction of sp³-hybridized carbons (Fsp3) is 0.333. The lowest BCUT2D eigenvalue weighted by molar-refractivity contribution is -0.136. The van der Waals surface area contributed by atoms with Crippen molar-refractivity contribution in [3.05, 3.63) is 30.0 Å². The second-order valence-electron chi connectivity index (χ2n) is 5.32. The van der Waals surface area contributed by atoms with Gasteiger partial charge in [0.2, 0.25) is 0 Å². The third-order valence-corrected chi connectivity index (χ3v) is 3.55. The van der Waals surface area contributed by atoms with E-state index < -0.39 is 30.4 Å². The maximum absolute atomic E-state index is 13.2. The molecule has 24 heavy (non-hydrogen) atoms. The predicted molar refractivity (Wildman–Crippen MR) is 74.6 cm³/mol. The lowest BCUT2D eigenvalue weighted by Gasteiger charge is -2.26. The summed E-state index contributed by atoms with van der Waals surface area (Å²) in [7, 11) is 0. The number of ether oxygens (including phenoxy) is 1. The van der Waals surface area contributed by atoms with Crippen molar-refractivity contribution >= 4 is 22.3 Å². The van der Waals surface area contributed by atoms with Gasteiger partial charge < -0.3 is 4.74 Å². The molecule has 1 atom stereocenters. The summed E-state index contributed by atoms with van der Waals surface area (Å²) in [6, 6.07) is 3.37. The number of hydrogen-bond donors (Lipinski definition) is 0. The van der Waals surface area contributed by atoms with Gasteiger partial charge in [0, 0.05) is 6.20 Å². The van der Waals surface area contributed by atoms with Crippen molar-refractivity contribution in [2.75, 3.05) is 0 Å². The Kier molecular flexibility index (Phi) is 3.69. The van der Waals surface area contributed by atoms with Crippen LogP contribution in [0.15, 0.2) is 29.4 Å². The summed E-state index contributed by atoms with van der Waals surface area (Å²) in [5.41, 5.74) is -1.29. The predicted octanol–water partition coefficient (Wildman–Crippen LogP) is 5.06. The van der Waals surface area contributed by atoms with Crippen LogP contribution in [-0.4, -0.2) is 23.0 Å². The summed E-state index contributed by atoms with van der Waals surface area (Å²) in [5.74, 6) is -0.202. The molecule has 1 aromatic carbocycles. The van der Waals surface area contributed by atoms with Gasteiger partial charge in [0.15, 0.2) is 5.75 Å². The number of nitrogens with zero attached hydrogens (tertiary/aromatic N) is 2. The van der Waals surface area contributed by atoms with Crippen molar-refractivity contribution in [2.24, 2.45) is 4.99 Å². The van der Waals surface area contributed by atoms with E-state index in [9.17, 15) is 26.3 Å². The van der Waals surface area contributed by atoms with Crippen molar-refractivity contribution in [1.29, 1.82) is 0 Å². The van der Waals surface area contributed by atoms with Crippen LogP contribution in [0.5, 0.6) is 5.75 Å². The summed E-state index contributed by atoms with van der Waals surface area (Å²) in [6.45, 7) is 1.32. The van der Waals surface area contributed by atoms with Crippen LogP contribution in [0.2, 0.25) is 0 Å². The minimum Gasteiger partial charge on any atom is -0.482 e. The first kappa shape index (κ1) is 16.5. The Morgan fingerprint density at radius 2 is 1.79 bits per heavy atom. The van der Waals surface area contributed by atoms with E-state index in [4.69, 9.17) is 4.74 Å². The normalized spacial score (nSPS) is 18.1. The summed E-state index contributed by atoms with van der Waals surface area (Å²) in [5, 5.41) is -0.302. The molecule has 0 radical (unpaired) electrons. The van der Waals surface area contributed by atoms with Gasteiger partial charge in [-0.1, -0.05) is 0 Å². The van der Waals surface area contributed by atoms with Gasteiger partial charge in [-0.2, -0.15) is 26.3 Å². The average Bonchev–Trinajstić information content (AvgIpc) is 2.45. The molecule has 128 valence electrons. The zero-order chi connectivity index (χ0) is 17.7. The standard InChI is InChI=1S/C15H10F6N2O/c1-7-11(6-14(16,17)18)23-10-3-2-9-12(13(10)24-7)8(4-5-22-9)15(19,20)21/h2-5,7H,6H2,1H3. The van der Waals surface area contributed by atoms with Gasteiger partial charge in [0.1, 0.15) is 11.8 Å². The Balaban J connectivity index is 2.21. The van der Waals surface area contributed by atoms with Gasteiger partial charge in [-0.05, 0) is 25.1 Å². The van der Waals surface area contributed by atoms with Gasteiger partial charge in [0.25, 0.3) is 0 Å². The minimum absolute atomic E-state index is 0.0326. The van der Waals surface area contributed by atoms with E-state index in [0.717, 1.165) is 12.3 Å². The van der Waals surface area contributed by atoms with E-state index in [-0.39, 0.29) is 28.1 Å². The first-order chi connectivity index (χ1) is 11.1. The van der Waals surface area contributed by atoms with E-state index in [1.165, 1.54) is 19.1 Å². The maximum Gasteiger partial charge on any atom is 0.417 e. The molecule has 9 heteroatoms. The third kappa shape index (κ3) is 3.02. The molecule has 0 amide bonds. The van der Waals surface area contributed by atoms with Crippen LogP contribution in [-0.2, 0) is 6.18 Å².